The number of ether oxygens (including phenoxy) is 1. The monoisotopic (exact) mass is 551 g/mol. The molecule has 0 fully saturated rings. The Kier molecular flexibility index (Phi) is 9.75. The molecule has 3 aromatic carbocycles. The van der Waals surface area contributed by atoms with E-state index in [2.05, 4.69) is 5.32 Å². The largest absolute Gasteiger partial charge is 0.489 e. The molecule has 0 aliphatic heterocycles. The summed E-state index contributed by atoms with van der Waals surface area (Å²) in [4.78, 5) is 28.0. The van der Waals surface area contributed by atoms with Crippen molar-refractivity contribution in [1.29, 1.82) is 0 Å². The molecule has 0 unspecified atom stereocenters. The van der Waals surface area contributed by atoms with E-state index in [9.17, 15) is 18.0 Å². The Balaban J connectivity index is 1.81. The molecule has 0 bridgehead atoms. The molecular formula is C30H37N3O5S. The smallest absolute Gasteiger partial charge is 0.244 e. The quantitative estimate of drug-likeness (QED) is 0.382. The summed E-state index contributed by atoms with van der Waals surface area (Å²) in [6.07, 6.45) is 1.05. The highest BCUT2D eigenvalue weighted by Gasteiger charge is 2.31. The van der Waals surface area contributed by atoms with Crippen LogP contribution in [0.25, 0.3) is 0 Å². The van der Waals surface area contributed by atoms with Gasteiger partial charge in [0.15, 0.2) is 0 Å². The maximum absolute atomic E-state index is 13.6. The third-order valence-electron chi connectivity index (χ3n) is 5.91. The molecule has 0 aromatic heterocycles. The second-order valence-electron chi connectivity index (χ2n) is 10.5. The fourth-order valence-corrected chi connectivity index (χ4v) is 4.75. The summed E-state index contributed by atoms with van der Waals surface area (Å²) in [5, 5.41) is 2.91. The summed E-state index contributed by atoms with van der Waals surface area (Å²) in [7, 11) is -3.82. The van der Waals surface area contributed by atoms with Crippen LogP contribution >= 0.6 is 0 Å². The molecule has 0 spiro atoms. The number of sulfonamides is 1. The van der Waals surface area contributed by atoms with Crippen molar-refractivity contribution in [2.24, 2.45) is 0 Å². The number of rotatable bonds is 11. The second kappa shape index (κ2) is 12.8. The minimum absolute atomic E-state index is 0.155. The van der Waals surface area contributed by atoms with E-state index in [1.165, 1.54) is 4.90 Å². The molecule has 9 heteroatoms. The first-order valence-corrected chi connectivity index (χ1v) is 14.6. The maximum Gasteiger partial charge on any atom is 0.244 e. The number of benzene rings is 3. The van der Waals surface area contributed by atoms with Gasteiger partial charge >= 0.3 is 0 Å². The first kappa shape index (κ1) is 29.7. The average Bonchev–Trinajstić information content (AvgIpc) is 2.88. The zero-order chi connectivity index (χ0) is 28.6. The van der Waals surface area contributed by atoms with Gasteiger partial charge in [-0.25, -0.2) is 8.42 Å². The van der Waals surface area contributed by atoms with Crippen LogP contribution in [0, 0.1) is 0 Å². The van der Waals surface area contributed by atoms with Crippen LogP contribution in [-0.2, 0) is 32.8 Å². The lowest BCUT2D eigenvalue weighted by molar-refractivity contribution is -0.140. The summed E-state index contributed by atoms with van der Waals surface area (Å²) >= 11 is 0. The van der Waals surface area contributed by atoms with Gasteiger partial charge in [0.05, 0.1) is 11.9 Å². The molecule has 1 N–H and O–H groups in total. The van der Waals surface area contributed by atoms with Gasteiger partial charge in [-0.2, -0.15) is 0 Å². The molecule has 8 nitrogen and oxygen atoms in total. The molecule has 0 radical (unpaired) electrons. The number of anilines is 1. The Morgan fingerprint density at radius 2 is 1.41 bits per heavy atom. The zero-order valence-electron chi connectivity index (χ0n) is 23.1. The number of nitrogens with one attached hydrogen (secondary N) is 1. The summed E-state index contributed by atoms with van der Waals surface area (Å²) in [6, 6.07) is 24.7. The molecule has 0 heterocycles. The molecule has 208 valence electrons. The molecule has 0 aliphatic rings. The van der Waals surface area contributed by atoms with E-state index in [-0.39, 0.29) is 12.5 Å². The normalized spacial score (nSPS) is 12.3. The topological polar surface area (TPSA) is 96.0 Å². The van der Waals surface area contributed by atoms with Crippen LogP contribution in [0.1, 0.15) is 38.8 Å². The van der Waals surface area contributed by atoms with E-state index in [1.807, 2.05) is 81.4 Å². The molecule has 0 aliphatic carbocycles. The minimum Gasteiger partial charge on any atom is -0.489 e. The Morgan fingerprint density at radius 1 is 0.872 bits per heavy atom. The van der Waals surface area contributed by atoms with Crippen molar-refractivity contribution in [1.82, 2.24) is 10.2 Å². The van der Waals surface area contributed by atoms with Crippen molar-refractivity contribution in [3.05, 3.63) is 96.1 Å². The highest BCUT2D eigenvalue weighted by Crippen LogP contribution is 2.23. The Morgan fingerprint density at radius 3 is 1.92 bits per heavy atom. The van der Waals surface area contributed by atoms with E-state index in [4.69, 9.17) is 4.74 Å². The van der Waals surface area contributed by atoms with E-state index in [0.29, 0.717) is 18.0 Å². The number of carbonyl (C=O) groups excluding carboxylic acids is 2. The third kappa shape index (κ3) is 9.14. The van der Waals surface area contributed by atoms with Crippen molar-refractivity contribution in [3.63, 3.8) is 0 Å². The number of carbonyl (C=O) groups is 2. The van der Waals surface area contributed by atoms with Gasteiger partial charge in [-0.05, 0) is 63.1 Å². The van der Waals surface area contributed by atoms with Crippen molar-refractivity contribution in [3.8, 4) is 5.75 Å². The average molecular weight is 552 g/mol. The van der Waals surface area contributed by atoms with Gasteiger partial charge in [0.1, 0.15) is 24.9 Å². The number of nitrogens with zero attached hydrogens (tertiary/aromatic N) is 2. The molecule has 1 atom stereocenters. The van der Waals surface area contributed by atoms with Crippen LogP contribution in [-0.4, -0.2) is 49.5 Å². The van der Waals surface area contributed by atoms with Gasteiger partial charge in [-0.3, -0.25) is 13.9 Å². The Hall–Kier alpha value is -3.85. The number of hydrogen-bond acceptors (Lipinski definition) is 5. The predicted octanol–water partition coefficient (Wildman–Crippen LogP) is 4.36. The summed E-state index contributed by atoms with van der Waals surface area (Å²) in [5.74, 6) is -0.247. The van der Waals surface area contributed by atoms with E-state index in [1.54, 1.807) is 31.2 Å². The highest BCUT2D eigenvalue weighted by molar-refractivity contribution is 7.92. The second-order valence-corrected chi connectivity index (χ2v) is 12.4. The number of amides is 2. The van der Waals surface area contributed by atoms with Crippen molar-refractivity contribution < 1.29 is 22.7 Å². The maximum atomic E-state index is 13.6. The fraction of sp³-hybridized carbons (Fsp3) is 0.333. The Bertz CT molecular complexity index is 1340. The summed E-state index contributed by atoms with van der Waals surface area (Å²) < 4.78 is 32.4. The van der Waals surface area contributed by atoms with Crippen molar-refractivity contribution in [2.75, 3.05) is 17.1 Å². The van der Waals surface area contributed by atoms with Gasteiger partial charge < -0.3 is 15.0 Å². The van der Waals surface area contributed by atoms with Crippen LogP contribution in [0.2, 0.25) is 0 Å². The van der Waals surface area contributed by atoms with E-state index >= 15 is 0 Å². The van der Waals surface area contributed by atoms with E-state index < -0.39 is 34.1 Å². The lowest BCUT2D eigenvalue weighted by Gasteiger charge is -2.33. The first-order valence-electron chi connectivity index (χ1n) is 12.7. The molecule has 2 amide bonds. The predicted molar refractivity (Wildman–Crippen MR) is 154 cm³/mol. The third-order valence-corrected chi connectivity index (χ3v) is 7.05. The molecule has 39 heavy (non-hydrogen) atoms. The SMILES string of the molecule is C[C@H](C(=O)NC(C)(C)C)N(Cc1ccccc1)C(=O)CN(c1ccc(OCc2ccccc2)cc1)S(C)(=O)=O. The minimum atomic E-state index is -3.82. The van der Waals surface area contributed by atoms with Crippen molar-refractivity contribution in [2.45, 2.75) is 52.4 Å². The summed E-state index contributed by atoms with van der Waals surface area (Å²) in [6.45, 7) is 7.30. The van der Waals surface area contributed by atoms with Crippen LogP contribution < -0.4 is 14.4 Å². The molecule has 0 saturated carbocycles. The highest BCUT2D eigenvalue weighted by atomic mass is 32.2. The Labute approximate surface area is 231 Å². The van der Waals surface area contributed by atoms with Gasteiger partial charge in [0, 0.05) is 12.1 Å². The molecule has 0 saturated heterocycles. The van der Waals surface area contributed by atoms with Gasteiger partial charge in [-0.1, -0.05) is 60.7 Å². The summed E-state index contributed by atoms with van der Waals surface area (Å²) in [5.41, 5.74) is 1.67. The van der Waals surface area contributed by atoms with Crippen LogP contribution in [0.5, 0.6) is 5.75 Å². The first-order chi connectivity index (χ1) is 18.3. The lowest BCUT2D eigenvalue weighted by Crippen LogP contribution is -2.54. The van der Waals surface area contributed by atoms with Crippen LogP contribution in [0.3, 0.4) is 0 Å². The lowest BCUT2D eigenvalue weighted by atomic mass is 10.1. The zero-order valence-corrected chi connectivity index (χ0v) is 23.9. The number of hydrogen-bond donors (Lipinski definition) is 1. The van der Waals surface area contributed by atoms with Crippen LogP contribution in [0.4, 0.5) is 5.69 Å². The standard InChI is InChI=1S/C30H37N3O5S/c1-23(29(35)31-30(2,3)4)32(20-24-12-8-6-9-13-24)28(34)21-33(39(5,36)37)26-16-18-27(19-17-26)38-22-25-14-10-7-11-15-25/h6-19,23H,20-22H2,1-5H3,(H,31,35)/t23-/m1/s1. The molecular weight excluding hydrogens is 514 g/mol. The fourth-order valence-electron chi connectivity index (χ4n) is 3.90. The van der Waals surface area contributed by atoms with Crippen LogP contribution in [0.15, 0.2) is 84.9 Å². The van der Waals surface area contributed by atoms with Crippen molar-refractivity contribution >= 4 is 27.5 Å². The van der Waals surface area contributed by atoms with E-state index in [0.717, 1.165) is 21.7 Å². The van der Waals surface area contributed by atoms with Gasteiger partial charge in [0.25, 0.3) is 0 Å². The molecule has 3 aromatic rings. The van der Waals surface area contributed by atoms with Gasteiger partial charge in [0.2, 0.25) is 21.8 Å². The molecule has 3 rings (SSSR count). The van der Waals surface area contributed by atoms with Gasteiger partial charge in [-0.15, -0.1) is 0 Å².